The summed E-state index contributed by atoms with van der Waals surface area (Å²) < 4.78 is 134. The molecule has 46 nitrogen and oxygen atoms in total. The molecule has 5 aliphatic rings. The number of ether oxygens (including phenoxy) is 5. The number of nitrogens with zero attached hydrogens (tertiary/aromatic N) is 12. The lowest BCUT2D eigenvalue weighted by atomic mass is 10.2. The number of hydrogen-bond donors (Lipinski definition) is 12. The summed E-state index contributed by atoms with van der Waals surface area (Å²) >= 11 is 0. The van der Waals surface area contributed by atoms with E-state index in [1.165, 1.54) is 53.2 Å². The Labute approximate surface area is 545 Å². The first-order valence-corrected chi connectivity index (χ1v) is 35.2. The fourth-order valence-electron chi connectivity index (χ4n) is 11.4. The van der Waals surface area contributed by atoms with Crippen LogP contribution in [0.15, 0.2) is 73.7 Å². The number of fused-ring (bicyclic) bond motifs is 2. The molecule has 12 heterocycles. The van der Waals surface area contributed by atoms with E-state index in [2.05, 4.69) is 44.9 Å². The highest BCUT2D eigenvalue weighted by Gasteiger charge is 2.50. The first-order chi connectivity index (χ1) is 46.4. The smallest absolute Gasteiger partial charge is 0.394 e. The first kappa shape index (κ1) is 70.6. The molecule has 50 heteroatoms. The van der Waals surface area contributed by atoms with E-state index in [0.717, 1.165) is 26.2 Å². The molecule has 0 aliphatic carbocycles. The van der Waals surface area contributed by atoms with Gasteiger partial charge in [0.25, 0.3) is 11.1 Å². The van der Waals surface area contributed by atoms with Crippen molar-refractivity contribution < 1.29 is 108 Å². The summed E-state index contributed by atoms with van der Waals surface area (Å²) in [5.41, 5.74) is 19.3. The Morgan fingerprint density at radius 3 is 1.42 bits per heavy atom. The predicted octanol–water partition coefficient (Wildman–Crippen LogP) is -2.54. The minimum atomic E-state index is -5.50. The summed E-state index contributed by atoms with van der Waals surface area (Å²) in [5, 5.41) is 21.0. The number of phosphoric acid groups is 4. The van der Waals surface area contributed by atoms with Crippen LogP contribution in [0.4, 0.5) is 23.4 Å². The lowest BCUT2D eigenvalue weighted by Crippen LogP contribution is -2.33. The number of aliphatic hydroxyl groups excluding tert-OH is 2. The van der Waals surface area contributed by atoms with Gasteiger partial charge < -0.3 is 76.4 Å². The quantitative estimate of drug-likeness (QED) is 0.0249. The van der Waals surface area contributed by atoms with Gasteiger partial charge >= 0.3 is 48.4 Å². The first-order valence-electron chi connectivity index (χ1n) is 29.2. The van der Waals surface area contributed by atoms with Gasteiger partial charge in [-0.15, -0.1) is 0 Å². The molecular formula is C48H62N18O28P4. The molecule has 532 valence electrons. The third kappa shape index (κ3) is 15.7. The molecule has 19 atom stereocenters. The Kier molecular flexibility index (Phi) is 20.2. The van der Waals surface area contributed by atoms with E-state index in [1.54, 1.807) is 0 Å². The maximum Gasteiger partial charge on any atom is 0.472 e. The molecule has 16 N–H and O–H groups in total. The molecule has 4 unspecified atom stereocenters. The number of imidazole rings is 2. The van der Waals surface area contributed by atoms with E-state index in [0.29, 0.717) is 0 Å². The van der Waals surface area contributed by atoms with Crippen LogP contribution >= 0.6 is 31.3 Å². The molecule has 5 fully saturated rings. The second-order valence-corrected chi connectivity index (χ2v) is 28.3. The van der Waals surface area contributed by atoms with Crippen LogP contribution in [0, 0.1) is 6.92 Å². The number of aryl methyl sites for hydroxylation is 1. The van der Waals surface area contributed by atoms with Gasteiger partial charge in [-0.05, 0) is 19.1 Å². The molecule has 0 saturated carbocycles. The third-order valence-corrected chi connectivity index (χ3v) is 20.1. The Balaban J connectivity index is 0.726. The number of hydrogen-bond acceptors (Lipinski definition) is 35. The van der Waals surface area contributed by atoms with Gasteiger partial charge in [-0.2, -0.15) is 15.0 Å². The van der Waals surface area contributed by atoms with Gasteiger partial charge in [-0.1, -0.05) is 0 Å². The molecule has 7 aromatic rings. The van der Waals surface area contributed by atoms with Crippen molar-refractivity contribution >= 4 is 77.0 Å². The average molecular weight is 1460 g/mol. The van der Waals surface area contributed by atoms with Crippen LogP contribution in [0.25, 0.3) is 22.3 Å². The minimum absolute atomic E-state index is 0.00826. The lowest BCUT2D eigenvalue weighted by molar-refractivity contribution is -0.0646. The topological polar surface area (TPSA) is 646 Å². The number of nitrogens with one attached hydrogen (secondary N) is 2. The number of phosphoric ester groups is 4. The third-order valence-electron chi connectivity index (χ3n) is 16.0. The zero-order chi connectivity index (χ0) is 69.9. The molecule has 0 aromatic carbocycles. The van der Waals surface area contributed by atoms with Crippen LogP contribution in [0.5, 0.6) is 0 Å². The molecule has 98 heavy (non-hydrogen) atoms. The maximum atomic E-state index is 14.2. The van der Waals surface area contributed by atoms with Crippen molar-refractivity contribution in [2.24, 2.45) is 0 Å². The predicted molar refractivity (Wildman–Crippen MR) is 323 cm³/mol. The second kappa shape index (κ2) is 28.0. The standard InChI is InChI=1S/C48H62N18O28P4/c1-20-11-64(48(73)61-43(20)69)33-6-21(68)27(87-33)13-82-95(74,75)92-23-8-34(62-4-2-31(49)57-46(62)71)88-28(23)14-84-97(78,79)93-24-9-35(63-5-3-32(50)58-47(63)72)89-29(24)15-85-98(80,81)94-25-10-36(65-18-55-38-40(51)53-17-54-41(38)65)90-30(25)16-83-96(76,77)91-22-7-37(86-26(22)12-67)66-19-56-39-42(66)59-45(52)60-44(39)70/h2-5,11,17-19,21-30,33-37,67-68H,6-10,12-16H2,1H3,(H,74,75)(H,76,77)(H,78,79)(H,80,81)(H2,49,57,71)(H2,50,58,72)(H2,51,53,54)(H,61,69,73)(H3,52,59,60,70)/t21-,22-,23-,24-,25-,26+,27+,28+,29+,30+,33+,34+,35+,36+,37+/m0/s1. The maximum absolute atomic E-state index is 14.2. The fraction of sp³-hybridized carbons (Fsp3) is 0.542. The Bertz CT molecular complexity index is 4650. The van der Waals surface area contributed by atoms with E-state index in [4.69, 9.17) is 82.8 Å². The SMILES string of the molecule is Cc1cn([C@H]2C[C@H](O)[C@@H](COP(=O)(O)O[C@H]3C[C@H](n4ccc(N)nc4=O)O[C@@H]3COP(=O)(O)O[C@H]3C[C@H](n4ccc(N)nc4=O)O[C@@H]3COP(=O)(O)O[C@H]3C[C@H](n4cnc5c(N)ncnc54)O[C@@H]3COP(=O)(O)O[C@H]3C[C@H](n4cnc5c(=O)[nH]c(N)nc54)O[C@@H]3CO)O2)c(=O)[nH]c1=O. The number of aromatic nitrogens is 14. The summed E-state index contributed by atoms with van der Waals surface area (Å²) in [7, 11) is -21.5. The van der Waals surface area contributed by atoms with Crippen molar-refractivity contribution in [2.75, 3.05) is 56.0 Å². The van der Waals surface area contributed by atoms with Crippen molar-refractivity contribution in [3.05, 3.63) is 107 Å². The van der Waals surface area contributed by atoms with Gasteiger partial charge in [0.2, 0.25) is 5.95 Å². The number of nitrogen functional groups attached to an aromatic ring is 4. The average Bonchev–Trinajstić information content (AvgIpc) is 1.63. The van der Waals surface area contributed by atoms with Crippen LogP contribution in [-0.4, -0.2) is 192 Å². The van der Waals surface area contributed by atoms with Crippen LogP contribution in [-0.2, 0) is 78.1 Å². The van der Waals surface area contributed by atoms with Crippen LogP contribution < -0.4 is 51.1 Å². The summed E-state index contributed by atoms with van der Waals surface area (Å²) in [6.45, 7) is -3.14. The zero-order valence-electron chi connectivity index (χ0n) is 50.5. The zero-order valence-corrected chi connectivity index (χ0v) is 54.1. The molecular weight excluding hydrogens is 1400 g/mol. The van der Waals surface area contributed by atoms with Gasteiger partial charge in [0, 0.05) is 56.3 Å². The summed E-state index contributed by atoms with van der Waals surface area (Å²) in [4.78, 5) is 140. The van der Waals surface area contributed by atoms with E-state index >= 15 is 0 Å². The molecule has 12 rings (SSSR count). The van der Waals surface area contributed by atoms with Crippen molar-refractivity contribution in [3.63, 3.8) is 0 Å². The Morgan fingerprint density at radius 1 is 0.520 bits per heavy atom. The Morgan fingerprint density at radius 2 is 0.939 bits per heavy atom. The monoisotopic (exact) mass is 1460 g/mol. The van der Waals surface area contributed by atoms with E-state index in [1.807, 2.05) is 0 Å². The van der Waals surface area contributed by atoms with Crippen molar-refractivity contribution in [1.82, 2.24) is 67.7 Å². The van der Waals surface area contributed by atoms with Crippen molar-refractivity contribution in [1.29, 1.82) is 0 Å². The van der Waals surface area contributed by atoms with Crippen molar-refractivity contribution in [2.45, 2.75) is 131 Å². The van der Waals surface area contributed by atoms with Crippen LogP contribution in [0.1, 0.15) is 68.8 Å². The van der Waals surface area contributed by atoms with Crippen LogP contribution in [0.2, 0.25) is 0 Å². The van der Waals surface area contributed by atoms with Crippen LogP contribution in [0.3, 0.4) is 0 Å². The summed E-state index contributed by atoms with van der Waals surface area (Å²) in [5.74, 6) is -0.667. The second-order valence-electron chi connectivity index (χ2n) is 22.6. The number of anilines is 4. The fourth-order valence-corrected chi connectivity index (χ4v) is 15.2. The number of aliphatic hydroxyl groups is 2. The highest BCUT2D eigenvalue weighted by molar-refractivity contribution is 7.48. The van der Waals surface area contributed by atoms with Gasteiger partial charge in [0.15, 0.2) is 22.6 Å². The molecule has 0 bridgehead atoms. The number of rotatable bonds is 26. The summed E-state index contributed by atoms with van der Waals surface area (Å²) in [6, 6.07) is 2.43. The molecule has 5 saturated heterocycles. The van der Waals surface area contributed by atoms with Gasteiger partial charge in [-0.25, -0.2) is 52.6 Å². The highest BCUT2D eigenvalue weighted by Crippen LogP contribution is 2.55. The largest absolute Gasteiger partial charge is 0.472 e. The van der Waals surface area contributed by atoms with E-state index in [-0.39, 0.29) is 70.6 Å². The molecule has 0 spiro atoms. The minimum Gasteiger partial charge on any atom is -0.394 e. The molecule has 0 amide bonds. The Hall–Kier alpha value is -7.30. The highest BCUT2D eigenvalue weighted by atomic mass is 31.2. The number of nitrogens with two attached hydrogens (primary N) is 4. The molecule has 7 aromatic heterocycles. The van der Waals surface area contributed by atoms with Gasteiger partial charge in [0.05, 0.1) is 51.8 Å². The lowest BCUT2D eigenvalue weighted by Gasteiger charge is -2.25. The number of aromatic amines is 2. The molecule has 5 aliphatic heterocycles. The summed E-state index contributed by atoms with van der Waals surface area (Å²) in [6.07, 6.45) is -16.1. The number of H-pyrrole nitrogens is 2. The van der Waals surface area contributed by atoms with E-state index in [9.17, 15) is 72.0 Å². The van der Waals surface area contributed by atoms with Gasteiger partial charge in [0.1, 0.15) is 110 Å². The normalized spacial score (nSPS) is 29.8. The molecule has 0 radical (unpaired) electrons. The van der Waals surface area contributed by atoms with Crippen molar-refractivity contribution in [3.8, 4) is 0 Å². The van der Waals surface area contributed by atoms with Gasteiger partial charge in [-0.3, -0.25) is 78.6 Å². The van der Waals surface area contributed by atoms with E-state index < -0.39 is 198 Å².